The maximum atomic E-state index is 12.8. The summed E-state index contributed by atoms with van der Waals surface area (Å²) in [4.78, 5) is 4.23. The van der Waals surface area contributed by atoms with Gasteiger partial charge in [-0.15, -0.1) is 11.3 Å². The molecule has 5 nitrogen and oxygen atoms in total. The van der Waals surface area contributed by atoms with E-state index in [0.29, 0.717) is 16.3 Å². The van der Waals surface area contributed by atoms with Gasteiger partial charge in [0.05, 0.1) is 0 Å². The van der Waals surface area contributed by atoms with E-state index in [1.54, 1.807) is 18.2 Å². The van der Waals surface area contributed by atoms with Crippen LogP contribution in [0.25, 0.3) is 10.1 Å². The van der Waals surface area contributed by atoms with E-state index < -0.39 is 10.0 Å². The molecule has 0 spiro atoms. The van der Waals surface area contributed by atoms with Gasteiger partial charge in [0.25, 0.3) is 10.0 Å². The number of anilines is 1. The van der Waals surface area contributed by atoms with Crippen molar-refractivity contribution in [1.82, 2.24) is 4.98 Å². The lowest BCUT2D eigenvalue weighted by Gasteiger charge is -2.08. The Morgan fingerprint density at radius 3 is 2.75 bits per heavy atom. The van der Waals surface area contributed by atoms with Crippen LogP contribution < -0.4 is 4.72 Å². The van der Waals surface area contributed by atoms with Crippen LogP contribution in [0.1, 0.15) is 16.8 Å². The molecule has 0 saturated carbocycles. The molecule has 0 bridgehead atoms. The van der Waals surface area contributed by atoms with Crippen molar-refractivity contribution in [3.8, 4) is 0 Å². The van der Waals surface area contributed by atoms with Crippen molar-refractivity contribution >= 4 is 37.3 Å². The number of hydrogen-bond donors (Lipinski definition) is 2. The maximum Gasteiger partial charge on any atom is 0.272 e. The number of rotatable bonds is 5. The molecule has 7 heteroatoms. The predicted octanol–water partition coefficient (Wildman–Crippen LogP) is 3.25. The molecule has 2 heterocycles. The first-order chi connectivity index (χ1) is 11.4. The zero-order valence-corrected chi connectivity index (χ0v) is 15.0. The molecule has 0 aliphatic rings. The Balaban J connectivity index is 1.99. The summed E-state index contributed by atoms with van der Waals surface area (Å²) >= 11 is 1.26. The minimum atomic E-state index is -3.71. The average molecular weight is 362 g/mol. The highest BCUT2D eigenvalue weighted by Gasteiger charge is 2.22. The number of aromatic nitrogens is 1. The third-order valence-corrected chi connectivity index (χ3v) is 6.95. The van der Waals surface area contributed by atoms with Crippen molar-refractivity contribution in [1.29, 1.82) is 0 Å². The molecule has 0 fully saturated rings. The number of aliphatic hydroxyl groups is 1. The first-order valence-corrected chi connectivity index (χ1v) is 9.80. The molecule has 0 radical (unpaired) electrons. The minimum absolute atomic E-state index is 0.0298. The molecule has 0 saturated heterocycles. The SMILES string of the molecule is Cc1ccc2sc(S(=O)(=O)Nc3cccc(CCO)n3)c(C)c2c1. The van der Waals surface area contributed by atoms with E-state index in [2.05, 4.69) is 9.71 Å². The molecule has 3 rings (SSSR count). The molecule has 0 amide bonds. The number of hydrogen-bond acceptors (Lipinski definition) is 5. The standard InChI is InChI=1S/C17H18N2O3S2/c1-11-6-7-15-14(10-11)12(2)17(23-15)24(21,22)19-16-5-3-4-13(18-16)8-9-20/h3-7,10,20H,8-9H2,1-2H3,(H,18,19). The number of thiophene rings is 1. The number of nitrogens with one attached hydrogen (secondary N) is 1. The fraction of sp³-hybridized carbons (Fsp3) is 0.235. The minimum Gasteiger partial charge on any atom is -0.396 e. The summed E-state index contributed by atoms with van der Waals surface area (Å²) in [6.45, 7) is 3.78. The number of aryl methyl sites for hydroxylation is 2. The largest absolute Gasteiger partial charge is 0.396 e. The molecule has 0 aliphatic carbocycles. The monoisotopic (exact) mass is 362 g/mol. The van der Waals surface area contributed by atoms with Crippen LogP contribution in [0.15, 0.2) is 40.6 Å². The Morgan fingerprint density at radius 1 is 1.21 bits per heavy atom. The van der Waals surface area contributed by atoms with E-state index in [4.69, 9.17) is 5.11 Å². The van der Waals surface area contributed by atoms with Gasteiger partial charge in [-0.2, -0.15) is 0 Å². The number of fused-ring (bicyclic) bond motifs is 1. The summed E-state index contributed by atoms with van der Waals surface area (Å²) < 4.78 is 29.3. The molecule has 0 unspecified atom stereocenters. The van der Waals surface area contributed by atoms with Gasteiger partial charge < -0.3 is 5.11 Å². The average Bonchev–Trinajstić information content (AvgIpc) is 2.85. The number of nitrogens with zero attached hydrogens (tertiary/aromatic N) is 1. The van der Waals surface area contributed by atoms with E-state index in [9.17, 15) is 8.42 Å². The topological polar surface area (TPSA) is 79.3 Å². The summed E-state index contributed by atoms with van der Waals surface area (Å²) in [7, 11) is -3.71. The highest BCUT2D eigenvalue weighted by Crippen LogP contribution is 2.35. The Morgan fingerprint density at radius 2 is 2.00 bits per heavy atom. The second-order valence-corrected chi connectivity index (χ2v) is 8.54. The normalized spacial score (nSPS) is 11.8. The zero-order chi connectivity index (χ0) is 17.3. The van der Waals surface area contributed by atoms with Crippen molar-refractivity contribution in [2.75, 3.05) is 11.3 Å². The van der Waals surface area contributed by atoms with E-state index in [1.165, 1.54) is 11.3 Å². The molecule has 3 aromatic rings. The molecular weight excluding hydrogens is 344 g/mol. The lowest BCUT2D eigenvalue weighted by molar-refractivity contribution is 0.298. The number of aliphatic hydroxyl groups excluding tert-OH is 1. The second kappa shape index (κ2) is 6.51. The molecule has 24 heavy (non-hydrogen) atoms. The first-order valence-electron chi connectivity index (χ1n) is 7.50. The summed E-state index contributed by atoms with van der Waals surface area (Å²) in [5.41, 5.74) is 2.48. The number of benzene rings is 1. The van der Waals surface area contributed by atoms with Crippen molar-refractivity contribution in [2.45, 2.75) is 24.5 Å². The molecule has 1 aromatic carbocycles. The van der Waals surface area contributed by atoms with Gasteiger partial charge in [0.1, 0.15) is 10.0 Å². The second-order valence-electron chi connectivity index (χ2n) is 5.61. The molecule has 0 atom stereocenters. The van der Waals surface area contributed by atoms with Crippen molar-refractivity contribution in [2.24, 2.45) is 0 Å². The Kier molecular flexibility index (Phi) is 4.58. The van der Waals surface area contributed by atoms with Gasteiger partial charge in [0, 0.05) is 23.4 Å². The fourth-order valence-electron chi connectivity index (χ4n) is 2.54. The van der Waals surface area contributed by atoms with Crippen LogP contribution in [0.5, 0.6) is 0 Å². The van der Waals surface area contributed by atoms with E-state index >= 15 is 0 Å². The molecule has 2 aromatic heterocycles. The molecule has 2 N–H and O–H groups in total. The van der Waals surface area contributed by atoms with Gasteiger partial charge in [0.15, 0.2) is 0 Å². The van der Waals surface area contributed by atoms with Gasteiger partial charge in [-0.3, -0.25) is 4.72 Å². The first kappa shape index (κ1) is 16.9. The van der Waals surface area contributed by atoms with Crippen LogP contribution >= 0.6 is 11.3 Å². The van der Waals surface area contributed by atoms with Gasteiger partial charge >= 0.3 is 0 Å². The quantitative estimate of drug-likeness (QED) is 0.730. The molecule has 0 aliphatic heterocycles. The van der Waals surface area contributed by atoms with Crippen LogP contribution in [0, 0.1) is 13.8 Å². The van der Waals surface area contributed by atoms with Gasteiger partial charge in [0.2, 0.25) is 0 Å². The highest BCUT2D eigenvalue weighted by atomic mass is 32.2. The van der Waals surface area contributed by atoms with Crippen LogP contribution in [-0.2, 0) is 16.4 Å². The van der Waals surface area contributed by atoms with Gasteiger partial charge in [-0.25, -0.2) is 13.4 Å². The third kappa shape index (κ3) is 3.28. The summed E-state index contributed by atoms with van der Waals surface area (Å²) in [5.74, 6) is 0.258. The van der Waals surface area contributed by atoms with E-state index in [1.807, 2.05) is 32.0 Å². The zero-order valence-electron chi connectivity index (χ0n) is 13.4. The van der Waals surface area contributed by atoms with E-state index in [0.717, 1.165) is 21.2 Å². The van der Waals surface area contributed by atoms with Gasteiger partial charge in [-0.05, 0) is 43.0 Å². The van der Waals surface area contributed by atoms with Crippen molar-refractivity contribution in [3.05, 3.63) is 53.2 Å². The highest BCUT2D eigenvalue weighted by molar-refractivity contribution is 7.94. The fourth-order valence-corrected chi connectivity index (χ4v) is 5.29. The lowest BCUT2D eigenvalue weighted by atomic mass is 10.1. The Labute approximate surface area is 145 Å². The van der Waals surface area contributed by atoms with Crippen LogP contribution in [0.4, 0.5) is 5.82 Å². The lowest BCUT2D eigenvalue weighted by Crippen LogP contribution is -2.14. The Hall–Kier alpha value is -1.96. The van der Waals surface area contributed by atoms with Crippen LogP contribution in [0.2, 0.25) is 0 Å². The smallest absolute Gasteiger partial charge is 0.272 e. The van der Waals surface area contributed by atoms with Crippen LogP contribution in [0.3, 0.4) is 0 Å². The third-order valence-electron chi connectivity index (χ3n) is 3.71. The Bertz CT molecular complexity index is 994. The van der Waals surface area contributed by atoms with E-state index in [-0.39, 0.29) is 12.4 Å². The summed E-state index contributed by atoms with van der Waals surface area (Å²) in [5, 5.41) is 9.94. The number of sulfonamides is 1. The number of pyridine rings is 1. The summed E-state index contributed by atoms with van der Waals surface area (Å²) in [6.07, 6.45) is 0.386. The molecular formula is C17H18N2O3S2. The van der Waals surface area contributed by atoms with Crippen LogP contribution in [-0.4, -0.2) is 25.1 Å². The summed E-state index contributed by atoms with van der Waals surface area (Å²) in [6, 6.07) is 11.0. The maximum absolute atomic E-state index is 12.8. The van der Waals surface area contributed by atoms with Gasteiger partial charge in [-0.1, -0.05) is 23.8 Å². The predicted molar refractivity (Wildman–Crippen MR) is 97.1 cm³/mol. The van der Waals surface area contributed by atoms with Crippen molar-refractivity contribution < 1.29 is 13.5 Å². The molecule has 126 valence electrons. The van der Waals surface area contributed by atoms with Crippen molar-refractivity contribution in [3.63, 3.8) is 0 Å².